The average molecular weight is 349 g/mol. The molecule has 1 aliphatic heterocycles. The topological polar surface area (TPSA) is 61.9 Å². The first-order valence-corrected chi connectivity index (χ1v) is 8.71. The van der Waals surface area contributed by atoms with Crippen molar-refractivity contribution in [1.29, 1.82) is 0 Å². The second-order valence-corrected chi connectivity index (χ2v) is 6.51. The predicted molar refractivity (Wildman–Crippen MR) is 91.5 cm³/mol. The molecule has 1 N–H and O–H groups in total. The number of urea groups is 1. The molecule has 0 bridgehead atoms. The lowest BCUT2D eigenvalue weighted by Gasteiger charge is -2.35. The summed E-state index contributed by atoms with van der Waals surface area (Å²) in [6, 6.07) is 6.39. The zero-order valence-corrected chi connectivity index (χ0v) is 14.4. The van der Waals surface area contributed by atoms with Crippen molar-refractivity contribution >= 4 is 11.9 Å². The van der Waals surface area contributed by atoms with Crippen LogP contribution in [0.3, 0.4) is 0 Å². The van der Waals surface area contributed by atoms with Gasteiger partial charge in [0.2, 0.25) is 0 Å². The fourth-order valence-corrected chi connectivity index (χ4v) is 3.36. The van der Waals surface area contributed by atoms with E-state index < -0.39 is 6.17 Å². The van der Waals surface area contributed by atoms with Gasteiger partial charge in [0.1, 0.15) is 11.9 Å². The molecule has 25 heavy (non-hydrogen) atoms. The Labute approximate surface area is 146 Å². The van der Waals surface area contributed by atoms with E-state index in [1.807, 2.05) is 0 Å². The first-order chi connectivity index (χ1) is 12.1. The highest BCUT2D eigenvalue weighted by Crippen LogP contribution is 2.22. The summed E-state index contributed by atoms with van der Waals surface area (Å²) in [5.41, 5.74) is 0.602. The largest absolute Gasteiger partial charge is 0.497 e. The van der Waals surface area contributed by atoms with Crippen molar-refractivity contribution in [2.24, 2.45) is 0 Å². The lowest BCUT2D eigenvalue weighted by atomic mass is 10.1. The van der Waals surface area contributed by atoms with Crippen LogP contribution in [0.5, 0.6) is 5.75 Å². The molecule has 2 atom stereocenters. The molecule has 2 aliphatic rings. The minimum Gasteiger partial charge on any atom is -0.497 e. The molecule has 1 aromatic rings. The predicted octanol–water partition coefficient (Wildman–Crippen LogP) is 2.05. The van der Waals surface area contributed by atoms with Crippen molar-refractivity contribution < 1.29 is 18.7 Å². The maximum absolute atomic E-state index is 13.6. The summed E-state index contributed by atoms with van der Waals surface area (Å²) in [6.45, 7) is 1.86. The molecule has 136 valence electrons. The normalized spacial score (nSPS) is 23.4. The van der Waals surface area contributed by atoms with E-state index in [9.17, 15) is 14.0 Å². The molecule has 3 rings (SSSR count). The van der Waals surface area contributed by atoms with E-state index >= 15 is 0 Å². The fourth-order valence-electron chi connectivity index (χ4n) is 3.36. The Hall–Kier alpha value is -2.31. The van der Waals surface area contributed by atoms with Gasteiger partial charge in [-0.1, -0.05) is 0 Å². The van der Waals surface area contributed by atoms with Crippen LogP contribution in [-0.2, 0) is 0 Å². The maximum atomic E-state index is 13.6. The van der Waals surface area contributed by atoms with Crippen molar-refractivity contribution in [2.75, 3.05) is 33.3 Å². The number of halogens is 1. The van der Waals surface area contributed by atoms with Crippen molar-refractivity contribution in [3.8, 4) is 5.75 Å². The van der Waals surface area contributed by atoms with Crippen LogP contribution in [0.4, 0.5) is 9.18 Å². The molecule has 1 heterocycles. The third kappa shape index (κ3) is 4.03. The van der Waals surface area contributed by atoms with Crippen LogP contribution < -0.4 is 10.1 Å². The summed E-state index contributed by atoms with van der Waals surface area (Å²) < 4.78 is 18.7. The van der Waals surface area contributed by atoms with Gasteiger partial charge < -0.3 is 19.9 Å². The first kappa shape index (κ1) is 17.5. The van der Waals surface area contributed by atoms with Crippen LogP contribution in [0.25, 0.3) is 0 Å². The molecule has 0 unspecified atom stereocenters. The molecular formula is C18H24FN3O3. The van der Waals surface area contributed by atoms with Gasteiger partial charge in [-0.15, -0.1) is 0 Å². The van der Waals surface area contributed by atoms with E-state index in [0.29, 0.717) is 50.3 Å². The molecule has 2 fully saturated rings. The summed E-state index contributed by atoms with van der Waals surface area (Å²) in [7, 11) is 1.58. The van der Waals surface area contributed by atoms with Crippen molar-refractivity contribution in [3.05, 3.63) is 29.8 Å². The number of carbonyl (C=O) groups is 2. The van der Waals surface area contributed by atoms with Gasteiger partial charge in [0.05, 0.1) is 13.2 Å². The van der Waals surface area contributed by atoms with Gasteiger partial charge in [0.15, 0.2) is 0 Å². The standard InChI is InChI=1S/C18H24FN3O3/c1-25-14-7-5-13(6-8-14)17(23)21-9-11-22(12-10-21)18(24)20-16-4-2-3-15(16)19/h5-8,15-16H,2-4,9-12H2,1H3,(H,20,24)/t15-,16+/m1/s1. The van der Waals surface area contributed by atoms with Gasteiger partial charge in [0, 0.05) is 31.7 Å². The lowest BCUT2D eigenvalue weighted by Crippen LogP contribution is -2.55. The Kier molecular flexibility index (Phi) is 5.40. The fraction of sp³-hybridized carbons (Fsp3) is 0.556. The van der Waals surface area contributed by atoms with E-state index in [-0.39, 0.29) is 18.0 Å². The lowest BCUT2D eigenvalue weighted by molar-refractivity contribution is 0.0662. The number of hydrogen-bond donors (Lipinski definition) is 1. The number of ether oxygens (including phenoxy) is 1. The quantitative estimate of drug-likeness (QED) is 0.909. The Bertz CT molecular complexity index is 614. The molecule has 0 radical (unpaired) electrons. The van der Waals surface area contributed by atoms with Crippen molar-refractivity contribution in [2.45, 2.75) is 31.5 Å². The summed E-state index contributed by atoms with van der Waals surface area (Å²) in [4.78, 5) is 28.2. The highest BCUT2D eigenvalue weighted by Gasteiger charge is 2.31. The highest BCUT2D eigenvalue weighted by molar-refractivity contribution is 5.94. The summed E-state index contributed by atoms with van der Waals surface area (Å²) in [5, 5.41) is 2.78. The van der Waals surface area contributed by atoms with Crippen LogP contribution in [0, 0.1) is 0 Å². The molecule has 0 spiro atoms. The van der Waals surface area contributed by atoms with Crippen LogP contribution in [0.15, 0.2) is 24.3 Å². The van der Waals surface area contributed by atoms with Crippen LogP contribution >= 0.6 is 0 Å². The number of hydrogen-bond acceptors (Lipinski definition) is 3. The second kappa shape index (κ2) is 7.72. The minimum absolute atomic E-state index is 0.0534. The summed E-state index contributed by atoms with van der Waals surface area (Å²) in [6.07, 6.45) is 1.09. The zero-order chi connectivity index (χ0) is 17.8. The Morgan fingerprint density at radius 3 is 2.28 bits per heavy atom. The van der Waals surface area contributed by atoms with Crippen LogP contribution in [0.1, 0.15) is 29.6 Å². The number of benzene rings is 1. The number of piperazine rings is 1. The maximum Gasteiger partial charge on any atom is 0.317 e. The first-order valence-electron chi connectivity index (χ1n) is 8.71. The van der Waals surface area contributed by atoms with E-state index in [4.69, 9.17) is 4.74 Å². The highest BCUT2D eigenvalue weighted by atomic mass is 19.1. The number of nitrogens with zero attached hydrogens (tertiary/aromatic N) is 2. The molecule has 0 aromatic heterocycles. The molecule has 7 heteroatoms. The monoisotopic (exact) mass is 349 g/mol. The van der Waals surface area contributed by atoms with Gasteiger partial charge in [-0.25, -0.2) is 9.18 Å². The SMILES string of the molecule is COc1ccc(C(=O)N2CCN(C(=O)N[C@H]3CCC[C@H]3F)CC2)cc1. The summed E-state index contributed by atoms with van der Waals surface area (Å²) in [5.74, 6) is 0.651. The molecule has 1 saturated heterocycles. The average Bonchev–Trinajstić information content (AvgIpc) is 3.06. The Morgan fingerprint density at radius 1 is 1.08 bits per heavy atom. The van der Waals surface area contributed by atoms with E-state index in [2.05, 4.69) is 5.32 Å². The number of methoxy groups -OCH3 is 1. The van der Waals surface area contributed by atoms with E-state index in [1.165, 1.54) is 0 Å². The number of carbonyl (C=O) groups excluding carboxylic acids is 2. The Balaban J connectivity index is 1.50. The molecule has 6 nitrogen and oxygen atoms in total. The van der Waals surface area contributed by atoms with Crippen molar-refractivity contribution in [1.82, 2.24) is 15.1 Å². The van der Waals surface area contributed by atoms with Crippen LogP contribution in [-0.4, -0.2) is 67.2 Å². The van der Waals surface area contributed by atoms with Gasteiger partial charge in [-0.3, -0.25) is 4.79 Å². The minimum atomic E-state index is -0.943. The van der Waals surface area contributed by atoms with Crippen molar-refractivity contribution in [3.63, 3.8) is 0 Å². The Morgan fingerprint density at radius 2 is 1.72 bits per heavy atom. The third-order valence-electron chi connectivity index (χ3n) is 4.93. The number of amides is 3. The third-order valence-corrected chi connectivity index (χ3v) is 4.93. The van der Waals surface area contributed by atoms with Gasteiger partial charge in [-0.2, -0.15) is 0 Å². The van der Waals surface area contributed by atoms with E-state index in [1.54, 1.807) is 41.2 Å². The van der Waals surface area contributed by atoms with Crippen LogP contribution in [0.2, 0.25) is 0 Å². The number of alkyl halides is 1. The second-order valence-electron chi connectivity index (χ2n) is 6.51. The van der Waals surface area contributed by atoms with E-state index in [0.717, 1.165) is 6.42 Å². The van der Waals surface area contributed by atoms with Gasteiger partial charge in [0.25, 0.3) is 5.91 Å². The number of rotatable bonds is 3. The summed E-state index contributed by atoms with van der Waals surface area (Å²) >= 11 is 0. The molecule has 1 saturated carbocycles. The smallest absolute Gasteiger partial charge is 0.317 e. The van der Waals surface area contributed by atoms with Gasteiger partial charge in [-0.05, 0) is 43.5 Å². The molecule has 3 amide bonds. The molecular weight excluding hydrogens is 325 g/mol. The number of nitrogens with one attached hydrogen (secondary N) is 1. The molecule has 1 aliphatic carbocycles. The van der Waals surface area contributed by atoms with Gasteiger partial charge >= 0.3 is 6.03 Å². The molecule has 1 aromatic carbocycles. The zero-order valence-electron chi connectivity index (χ0n) is 14.4.